The van der Waals surface area contributed by atoms with E-state index in [4.69, 9.17) is 9.47 Å². The van der Waals surface area contributed by atoms with E-state index in [2.05, 4.69) is 13.8 Å². The normalized spacial score (nSPS) is 46.1. The van der Waals surface area contributed by atoms with Crippen LogP contribution in [0.3, 0.4) is 0 Å². The molecule has 6 heteroatoms. The van der Waals surface area contributed by atoms with Crippen molar-refractivity contribution in [2.24, 2.45) is 39.9 Å². The standard InChI is InChI=1S/C34H54O6/c1-7-29(5,27(36)39-30(6,8-2)31-12-22-9-23(13-31)11-24(10-22)14-31)18-28(3,4)26(35)40-34-17-25-15-32(37,20-34)19-33(38,16-25)21-34/h22-25,37-38H,7-21H2,1-6H3. The number of ether oxygens (including phenoxy) is 2. The quantitative estimate of drug-likeness (QED) is 0.314. The first-order valence-electron chi connectivity index (χ1n) is 16.4. The van der Waals surface area contributed by atoms with Crippen molar-refractivity contribution in [3.05, 3.63) is 0 Å². The molecule has 2 N–H and O–H groups in total. The first-order valence-corrected chi connectivity index (χ1v) is 16.4. The Kier molecular flexibility index (Phi) is 6.47. The largest absolute Gasteiger partial charge is 0.458 e. The lowest BCUT2D eigenvalue weighted by Crippen LogP contribution is -2.67. The predicted molar refractivity (Wildman–Crippen MR) is 152 cm³/mol. The van der Waals surface area contributed by atoms with E-state index in [0.29, 0.717) is 51.4 Å². The lowest BCUT2D eigenvalue weighted by molar-refractivity contribution is -0.264. The molecule has 8 aliphatic carbocycles. The zero-order chi connectivity index (χ0) is 29.0. The van der Waals surface area contributed by atoms with E-state index < -0.39 is 33.2 Å². The average molecular weight is 559 g/mol. The van der Waals surface area contributed by atoms with Crippen LogP contribution in [0.15, 0.2) is 0 Å². The number of carbonyl (C=O) groups excluding carboxylic acids is 2. The van der Waals surface area contributed by atoms with E-state index in [1.54, 1.807) is 0 Å². The maximum Gasteiger partial charge on any atom is 0.312 e. The van der Waals surface area contributed by atoms with Gasteiger partial charge in [-0.1, -0.05) is 13.8 Å². The van der Waals surface area contributed by atoms with Crippen LogP contribution in [0, 0.1) is 39.9 Å². The summed E-state index contributed by atoms with van der Waals surface area (Å²) in [6, 6.07) is 0. The van der Waals surface area contributed by atoms with Crippen LogP contribution < -0.4 is 0 Å². The fourth-order valence-electron chi connectivity index (χ4n) is 11.7. The predicted octanol–water partition coefficient (Wildman–Crippen LogP) is 6.49. The minimum Gasteiger partial charge on any atom is -0.458 e. The molecule has 8 bridgehead atoms. The molecule has 8 aliphatic rings. The van der Waals surface area contributed by atoms with E-state index in [-0.39, 0.29) is 23.3 Å². The van der Waals surface area contributed by atoms with Crippen LogP contribution in [0.25, 0.3) is 0 Å². The monoisotopic (exact) mass is 558 g/mol. The summed E-state index contributed by atoms with van der Waals surface area (Å²) in [5, 5.41) is 22.3. The number of carbonyl (C=O) groups is 2. The van der Waals surface area contributed by atoms with Gasteiger partial charge in [0.05, 0.1) is 22.0 Å². The van der Waals surface area contributed by atoms with Crippen molar-refractivity contribution in [2.75, 3.05) is 0 Å². The number of esters is 2. The molecule has 0 radical (unpaired) electrons. The zero-order valence-corrected chi connectivity index (χ0v) is 25.9. The van der Waals surface area contributed by atoms with Crippen molar-refractivity contribution < 1.29 is 29.3 Å². The topological polar surface area (TPSA) is 93.1 Å². The Morgan fingerprint density at radius 3 is 1.70 bits per heavy atom. The molecular formula is C34H54O6. The van der Waals surface area contributed by atoms with E-state index in [1.807, 2.05) is 27.7 Å². The highest BCUT2D eigenvalue weighted by Crippen LogP contribution is 2.65. The molecule has 0 heterocycles. The van der Waals surface area contributed by atoms with Crippen LogP contribution in [0.1, 0.15) is 138 Å². The smallest absolute Gasteiger partial charge is 0.312 e. The summed E-state index contributed by atoms with van der Waals surface area (Å²) in [5.74, 6) is 1.99. The van der Waals surface area contributed by atoms with E-state index >= 15 is 0 Å². The highest BCUT2D eigenvalue weighted by Gasteiger charge is 2.65. The maximum absolute atomic E-state index is 14.1. The number of aliphatic hydroxyl groups is 2. The molecule has 4 unspecified atom stereocenters. The molecule has 0 saturated heterocycles. The second-order valence-electron chi connectivity index (χ2n) is 17.2. The molecule has 0 amide bonds. The molecule has 8 fully saturated rings. The van der Waals surface area contributed by atoms with Crippen molar-refractivity contribution in [1.82, 2.24) is 0 Å². The number of hydrogen-bond donors (Lipinski definition) is 2. The molecule has 0 aromatic heterocycles. The Hall–Kier alpha value is -1.14. The van der Waals surface area contributed by atoms with Gasteiger partial charge in [0.1, 0.15) is 11.2 Å². The van der Waals surface area contributed by atoms with Gasteiger partial charge in [-0.3, -0.25) is 9.59 Å². The summed E-state index contributed by atoms with van der Waals surface area (Å²) < 4.78 is 12.9. The van der Waals surface area contributed by atoms with Gasteiger partial charge in [-0.25, -0.2) is 0 Å². The average Bonchev–Trinajstić information content (AvgIpc) is 2.80. The summed E-state index contributed by atoms with van der Waals surface area (Å²) in [4.78, 5) is 27.9. The fourth-order valence-corrected chi connectivity index (χ4v) is 11.7. The van der Waals surface area contributed by atoms with E-state index in [0.717, 1.165) is 24.2 Å². The molecular weight excluding hydrogens is 504 g/mol. The van der Waals surface area contributed by atoms with Crippen molar-refractivity contribution in [1.29, 1.82) is 0 Å². The minimum atomic E-state index is -0.956. The molecule has 8 rings (SSSR count). The highest BCUT2D eigenvalue weighted by molar-refractivity contribution is 5.81. The molecule has 6 nitrogen and oxygen atoms in total. The van der Waals surface area contributed by atoms with Gasteiger partial charge in [-0.15, -0.1) is 0 Å². The second-order valence-corrected chi connectivity index (χ2v) is 17.2. The Labute approximate surface area is 241 Å². The molecule has 0 aromatic carbocycles. The first kappa shape index (κ1) is 29.0. The molecule has 0 aromatic rings. The lowest BCUT2D eigenvalue weighted by Gasteiger charge is -2.62. The Bertz CT molecular complexity index is 1010. The van der Waals surface area contributed by atoms with Crippen LogP contribution in [-0.4, -0.2) is 44.6 Å². The van der Waals surface area contributed by atoms with E-state index in [1.165, 1.54) is 38.5 Å². The third-order valence-corrected chi connectivity index (χ3v) is 13.1. The summed E-state index contributed by atoms with van der Waals surface area (Å²) in [6.45, 7) is 12.1. The summed E-state index contributed by atoms with van der Waals surface area (Å²) in [7, 11) is 0. The zero-order valence-electron chi connectivity index (χ0n) is 25.9. The molecule has 4 atom stereocenters. The number of rotatable bonds is 9. The summed E-state index contributed by atoms with van der Waals surface area (Å²) in [6.07, 6.45) is 12.6. The molecule has 0 aliphatic heterocycles. The van der Waals surface area contributed by atoms with Gasteiger partial charge >= 0.3 is 11.9 Å². The Balaban J connectivity index is 1.17. The molecule has 8 saturated carbocycles. The number of hydrogen-bond acceptors (Lipinski definition) is 6. The molecule has 0 spiro atoms. The van der Waals surface area contributed by atoms with Crippen LogP contribution in [0.4, 0.5) is 0 Å². The first-order chi connectivity index (χ1) is 18.5. The van der Waals surface area contributed by atoms with Gasteiger partial charge in [-0.2, -0.15) is 0 Å². The van der Waals surface area contributed by atoms with Crippen LogP contribution in [-0.2, 0) is 19.1 Å². The van der Waals surface area contributed by atoms with Gasteiger partial charge < -0.3 is 19.7 Å². The fraction of sp³-hybridized carbons (Fsp3) is 0.941. The van der Waals surface area contributed by atoms with Gasteiger partial charge in [0.2, 0.25) is 0 Å². The van der Waals surface area contributed by atoms with Crippen LogP contribution in [0.5, 0.6) is 0 Å². The SMILES string of the molecule is CCC(C)(CC(C)(C)C(=O)OC12CC3CC(O)(CC(O)(C3)C1)C2)C(=O)OC(C)(CC)C12CC3CC(CC(C3)C1)C2. The highest BCUT2D eigenvalue weighted by atomic mass is 16.6. The van der Waals surface area contributed by atoms with Crippen molar-refractivity contribution in [2.45, 2.75) is 160 Å². The molecule has 226 valence electrons. The van der Waals surface area contributed by atoms with Gasteiger partial charge in [0.25, 0.3) is 0 Å². The van der Waals surface area contributed by atoms with Crippen molar-refractivity contribution in [3.63, 3.8) is 0 Å². The lowest BCUT2D eigenvalue weighted by atomic mass is 9.45. The molecule has 40 heavy (non-hydrogen) atoms. The summed E-state index contributed by atoms with van der Waals surface area (Å²) >= 11 is 0. The van der Waals surface area contributed by atoms with Crippen LogP contribution >= 0.6 is 0 Å². The van der Waals surface area contributed by atoms with Gasteiger partial charge in [0, 0.05) is 24.7 Å². The van der Waals surface area contributed by atoms with Gasteiger partial charge in [0.15, 0.2) is 0 Å². The van der Waals surface area contributed by atoms with Crippen molar-refractivity contribution >= 4 is 11.9 Å². The second kappa shape index (κ2) is 8.94. The third-order valence-electron chi connectivity index (χ3n) is 13.1. The van der Waals surface area contributed by atoms with Gasteiger partial charge in [-0.05, 0) is 128 Å². The Morgan fingerprint density at radius 2 is 1.25 bits per heavy atom. The maximum atomic E-state index is 14.1. The minimum absolute atomic E-state index is 0.0776. The third kappa shape index (κ3) is 4.57. The summed E-state index contributed by atoms with van der Waals surface area (Å²) in [5.41, 5.74) is -4.88. The van der Waals surface area contributed by atoms with Crippen molar-refractivity contribution in [3.8, 4) is 0 Å². The Morgan fingerprint density at radius 1 is 0.725 bits per heavy atom. The van der Waals surface area contributed by atoms with E-state index in [9.17, 15) is 19.8 Å². The van der Waals surface area contributed by atoms with Crippen LogP contribution in [0.2, 0.25) is 0 Å².